The molecule has 1 aromatic carbocycles. The molecule has 11 heteroatoms. The standard InChI is InChI=1S/C24H27N7O3S/c1-3-17-14-25-24(26-15-17)30-9-7-20(8-10-30)34-23-13-22(27-16-28-23)31-11-6-18-12-19(4-5-21(18)31)29-35(2,32)33/h4-6,11-16,20,29H,3,7-10H2,1-2H3. The van der Waals surface area contributed by atoms with Gasteiger partial charge in [-0.25, -0.2) is 28.4 Å². The van der Waals surface area contributed by atoms with Crippen molar-refractivity contribution in [3.63, 3.8) is 0 Å². The van der Waals surface area contributed by atoms with Crippen LogP contribution in [0.5, 0.6) is 5.88 Å². The number of aryl methyl sites for hydroxylation is 1. The first kappa shape index (κ1) is 23.0. The zero-order chi connectivity index (χ0) is 24.4. The molecule has 1 fully saturated rings. The number of anilines is 2. The summed E-state index contributed by atoms with van der Waals surface area (Å²) in [6, 6.07) is 9.11. The summed E-state index contributed by atoms with van der Waals surface area (Å²) in [7, 11) is -3.34. The quantitative estimate of drug-likeness (QED) is 0.417. The van der Waals surface area contributed by atoms with E-state index in [0.29, 0.717) is 17.4 Å². The van der Waals surface area contributed by atoms with Crippen molar-refractivity contribution in [3.8, 4) is 11.7 Å². The molecule has 4 heterocycles. The maximum absolute atomic E-state index is 11.5. The van der Waals surface area contributed by atoms with Crippen molar-refractivity contribution in [1.82, 2.24) is 24.5 Å². The largest absolute Gasteiger partial charge is 0.474 e. The number of rotatable bonds is 7. The molecule has 4 aromatic rings. The summed E-state index contributed by atoms with van der Waals surface area (Å²) in [4.78, 5) is 19.9. The Labute approximate surface area is 204 Å². The summed E-state index contributed by atoms with van der Waals surface area (Å²) in [6.07, 6.45) is 11.0. The summed E-state index contributed by atoms with van der Waals surface area (Å²) in [5.74, 6) is 1.96. The third-order valence-corrected chi connectivity index (χ3v) is 6.59. The van der Waals surface area contributed by atoms with Gasteiger partial charge in [0.2, 0.25) is 21.9 Å². The van der Waals surface area contributed by atoms with E-state index < -0.39 is 10.0 Å². The molecule has 182 valence electrons. The highest BCUT2D eigenvalue weighted by atomic mass is 32.2. The van der Waals surface area contributed by atoms with E-state index in [1.165, 1.54) is 6.33 Å². The van der Waals surface area contributed by atoms with Crippen LogP contribution < -0.4 is 14.4 Å². The van der Waals surface area contributed by atoms with Crippen molar-refractivity contribution >= 4 is 32.6 Å². The predicted molar refractivity (Wildman–Crippen MR) is 135 cm³/mol. The molecule has 5 rings (SSSR count). The fraction of sp³-hybridized carbons (Fsp3) is 0.333. The number of nitrogens with one attached hydrogen (secondary N) is 1. The monoisotopic (exact) mass is 493 g/mol. The first-order chi connectivity index (χ1) is 16.9. The van der Waals surface area contributed by atoms with Gasteiger partial charge in [-0.1, -0.05) is 6.92 Å². The molecule has 0 bridgehead atoms. The molecule has 0 unspecified atom stereocenters. The van der Waals surface area contributed by atoms with Crippen LogP contribution in [-0.2, 0) is 16.4 Å². The molecule has 1 N–H and O–H groups in total. The average Bonchev–Trinajstić information content (AvgIpc) is 3.27. The van der Waals surface area contributed by atoms with E-state index in [-0.39, 0.29) is 6.10 Å². The minimum Gasteiger partial charge on any atom is -0.474 e. The Balaban J connectivity index is 1.26. The number of aromatic nitrogens is 5. The second kappa shape index (κ2) is 9.49. The molecule has 0 atom stereocenters. The van der Waals surface area contributed by atoms with Crippen LogP contribution in [0.2, 0.25) is 0 Å². The lowest BCUT2D eigenvalue weighted by Crippen LogP contribution is -2.39. The van der Waals surface area contributed by atoms with Gasteiger partial charge in [-0.3, -0.25) is 4.72 Å². The van der Waals surface area contributed by atoms with E-state index >= 15 is 0 Å². The van der Waals surface area contributed by atoms with Gasteiger partial charge in [-0.15, -0.1) is 0 Å². The van der Waals surface area contributed by atoms with E-state index in [1.807, 2.05) is 41.4 Å². The Morgan fingerprint density at radius 2 is 1.83 bits per heavy atom. The fourth-order valence-corrected chi connectivity index (χ4v) is 4.74. The topological polar surface area (TPSA) is 115 Å². The second-order valence-corrected chi connectivity index (χ2v) is 10.3. The number of ether oxygens (including phenoxy) is 1. The van der Waals surface area contributed by atoms with Crippen molar-refractivity contribution in [1.29, 1.82) is 0 Å². The molecule has 0 amide bonds. The highest BCUT2D eigenvalue weighted by molar-refractivity contribution is 7.92. The molecule has 1 aliphatic rings. The number of benzene rings is 1. The van der Waals surface area contributed by atoms with Crippen LogP contribution in [0.3, 0.4) is 0 Å². The summed E-state index contributed by atoms with van der Waals surface area (Å²) >= 11 is 0. The lowest BCUT2D eigenvalue weighted by atomic mass is 10.1. The van der Waals surface area contributed by atoms with Crippen LogP contribution in [-0.4, -0.2) is 58.4 Å². The predicted octanol–water partition coefficient (Wildman–Crippen LogP) is 3.19. The molecule has 10 nitrogen and oxygen atoms in total. The first-order valence-corrected chi connectivity index (χ1v) is 13.4. The van der Waals surface area contributed by atoms with Crippen molar-refractivity contribution in [2.24, 2.45) is 0 Å². The van der Waals surface area contributed by atoms with Gasteiger partial charge in [-0.05, 0) is 36.2 Å². The average molecular weight is 494 g/mol. The smallest absolute Gasteiger partial charge is 0.229 e. The van der Waals surface area contributed by atoms with Gasteiger partial charge < -0.3 is 14.2 Å². The Morgan fingerprint density at radius 3 is 2.54 bits per heavy atom. The number of sulfonamides is 1. The molecule has 1 aliphatic heterocycles. The maximum Gasteiger partial charge on any atom is 0.229 e. The van der Waals surface area contributed by atoms with E-state index in [1.54, 1.807) is 12.1 Å². The van der Waals surface area contributed by atoms with Crippen LogP contribution in [0.15, 0.2) is 55.2 Å². The molecule has 3 aromatic heterocycles. The van der Waals surface area contributed by atoms with Gasteiger partial charge in [0.05, 0.1) is 11.8 Å². The van der Waals surface area contributed by atoms with Crippen molar-refractivity contribution < 1.29 is 13.2 Å². The fourth-order valence-electron chi connectivity index (χ4n) is 4.18. The SMILES string of the molecule is CCc1cnc(N2CCC(Oc3cc(-n4ccc5cc(NS(C)(=O)=O)ccc54)ncn3)CC2)nc1. The molecule has 0 aliphatic carbocycles. The van der Waals surface area contributed by atoms with Crippen LogP contribution in [0.25, 0.3) is 16.7 Å². The summed E-state index contributed by atoms with van der Waals surface area (Å²) < 4.78 is 33.7. The lowest BCUT2D eigenvalue weighted by Gasteiger charge is -2.31. The highest BCUT2D eigenvalue weighted by Gasteiger charge is 2.23. The molecular formula is C24H27N7O3S. The van der Waals surface area contributed by atoms with Crippen molar-refractivity contribution in [3.05, 3.63) is 60.8 Å². The number of piperidine rings is 1. The highest BCUT2D eigenvalue weighted by Crippen LogP contribution is 2.25. The normalized spacial score (nSPS) is 14.9. The number of fused-ring (bicyclic) bond motifs is 1. The first-order valence-electron chi connectivity index (χ1n) is 11.5. The maximum atomic E-state index is 11.5. The summed E-state index contributed by atoms with van der Waals surface area (Å²) in [5.41, 5.74) is 2.55. The number of hydrogen-bond acceptors (Lipinski definition) is 8. The second-order valence-electron chi connectivity index (χ2n) is 8.60. The van der Waals surface area contributed by atoms with Gasteiger partial charge in [0.25, 0.3) is 0 Å². The van der Waals surface area contributed by atoms with E-state index in [9.17, 15) is 8.42 Å². The van der Waals surface area contributed by atoms with Crippen LogP contribution >= 0.6 is 0 Å². The third kappa shape index (κ3) is 5.35. The Morgan fingerprint density at radius 1 is 1.06 bits per heavy atom. The summed E-state index contributed by atoms with van der Waals surface area (Å²) in [5, 5.41) is 0.890. The Hall–Kier alpha value is -3.73. The molecule has 0 spiro atoms. The Bertz CT molecular complexity index is 1430. The molecular weight excluding hydrogens is 466 g/mol. The van der Waals surface area contributed by atoms with Crippen LogP contribution in [0.4, 0.5) is 11.6 Å². The number of hydrogen-bond donors (Lipinski definition) is 1. The Kier molecular flexibility index (Phi) is 6.25. The van der Waals surface area contributed by atoms with Crippen LogP contribution in [0, 0.1) is 0 Å². The van der Waals surface area contributed by atoms with Gasteiger partial charge in [0.15, 0.2) is 0 Å². The van der Waals surface area contributed by atoms with E-state index in [0.717, 1.165) is 61.0 Å². The zero-order valence-corrected chi connectivity index (χ0v) is 20.4. The zero-order valence-electron chi connectivity index (χ0n) is 19.6. The minimum atomic E-state index is -3.34. The third-order valence-electron chi connectivity index (χ3n) is 5.98. The van der Waals surface area contributed by atoms with Gasteiger partial charge >= 0.3 is 0 Å². The van der Waals surface area contributed by atoms with Gasteiger partial charge in [-0.2, -0.15) is 0 Å². The van der Waals surface area contributed by atoms with Crippen LogP contribution in [0.1, 0.15) is 25.3 Å². The van der Waals surface area contributed by atoms with E-state index in [2.05, 4.69) is 36.5 Å². The van der Waals surface area contributed by atoms with E-state index in [4.69, 9.17) is 4.74 Å². The molecule has 0 radical (unpaired) electrons. The lowest BCUT2D eigenvalue weighted by molar-refractivity contribution is 0.163. The minimum absolute atomic E-state index is 0.0509. The number of nitrogens with zero attached hydrogens (tertiary/aromatic N) is 6. The van der Waals surface area contributed by atoms with Crippen molar-refractivity contribution in [2.45, 2.75) is 32.3 Å². The van der Waals surface area contributed by atoms with Gasteiger partial charge in [0.1, 0.15) is 18.2 Å². The molecule has 1 saturated heterocycles. The summed E-state index contributed by atoms with van der Waals surface area (Å²) in [6.45, 7) is 3.73. The van der Waals surface area contributed by atoms with Gasteiger partial charge in [0, 0.05) is 61.7 Å². The molecule has 0 saturated carbocycles. The molecule has 35 heavy (non-hydrogen) atoms. The van der Waals surface area contributed by atoms with Crippen molar-refractivity contribution in [2.75, 3.05) is 29.0 Å².